The molecule has 40 heavy (non-hydrogen) atoms. The lowest BCUT2D eigenvalue weighted by atomic mass is 9.97. The molecule has 0 N–H and O–H groups in total. The molecule has 214 valence electrons. The van der Waals surface area contributed by atoms with Crippen molar-refractivity contribution in [3.05, 3.63) is 57.8 Å². The van der Waals surface area contributed by atoms with E-state index in [1.807, 2.05) is 0 Å². The predicted molar refractivity (Wildman–Crippen MR) is 151 cm³/mol. The molecule has 2 aliphatic rings. The van der Waals surface area contributed by atoms with Gasteiger partial charge in [0.1, 0.15) is 11.6 Å². The maximum atomic E-state index is 14.3. The Morgan fingerprint density at radius 3 is 2.65 bits per heavy atom. The van der Waals surface area contributed by atoms with Crippen molar-refractivity contribution in [1.29, 1.82) is 0 Å². The van der Waals surface area contributed by atoms with Crippen LogP contribution in [0.3, 0.4) is 0 Å². The maximum Gasteiger partial charge on any atom is 0.303 e. The zero-order valence-corrected chi connectivity index (χ0v) is 24.2. The van der Waals surface area contributed by atoms with Gasteiger partial charge in [-0.3, -0.25) is 14.6 Å². The van der Waals surface area contributed by atoms with Crippen LogP contribution < -0.4 is 4.90 Å². The first-order valence-corrected chi connectivity index (χ1v) is 14.3. The van der Waals surface area contributed by atoms with Crippen molar-refractivity contribution in [3.8, 4) is 11.5 Å². The summed E-state index contributed by atoms with van der Waals surface area (Å²) in [4.78, 5) is 22.9. The second-order valence-electron chi connectivity index (χ2n) is 10.3. The first-order chi connectivity index (χ1) is 19.3. The molecule has 9 nitrogen and oxygen atoms in total. The molecule has 2 fully saturated rings. The molecule has 3 aromatic rings. The molecule has 0 bridgehead atoms. The molecule has 0 radical (unpaired) electrons. The molecule has 2 aromatic heterocycles. The molecule has 4 heterocycles. The quantitative estimate of drug-likeness (QED) is 0.328. The third kappa shape index (κ3) is 6.74. The van der Waals surface area contributed by atoms with Gasteiger partial charge in [0.2, 0.25) is 5.89 Å². The number of likely N-dealkylation sites (tertiary alicyclic amines) is 1. The Bertz CT molecular complexity index is 1330. The number of piperidine rings is 1. The topological polar surface area (TPSA) is 87.8 Å². The zero-order valence-electron chi connectivity index (χ0n) is 22.7. The van der Waals surface area contributed by atoms with Gasteiger partial charge in [-0.05, 0) is 50.6 Å². The van der Waals surface area contributed by atoms with E-state index >= 15 is 0 Å². The van der Waals surface area contributed by atoms with Crippen LogP contribution in [0.5, 0.6) is 0 Å². The van der Waals surface area contributed by atoms with Crippen LogP contribution in [-0.2, 0) is 22.7 Å². The Morgan fingerprint density at radius 2 is 1.95 bits per heavy atom. The lowest BCUT2D eigenvalue weighted by molar-refractivity contribution is -0.142. The highest BCUT2D eigenvalue weighted by Crippen LogP contribution is 2.32. The van der Waals surface area contributed by atoms with Crippen molar-refractivity contribution in [2.75, 3.05) is 37.6 Å². The number of carbonyl (C=O) groups excluding carboxylic acids is 1. The number of hydrogen-bond donors (Lipinski definition) is 0. The SMILES string of the molecule is CC[C@H]1CN(c2ncc(-c3nnc(COC(C)=O)o3)cc2Cl)CCN1C1CCN(Cc2ccc(Cl)cc2F)CC1. The predicted octanol–water partition coefficient (Wildman–Crippen LogP) is 5.21. The minimum Gasteiger partial charge on any atom is -0.456 e. The Hall–Kier alpha value is -2.79. The average Bonchev–Trinajstić information content (AvgIpc) is 3.43. The molecule has 12 heteroatoms. The van der Waals surface area contributed by atoms with E-state index in [0.29, 0.717) is 39.8 Å². The van der Waals surface area contributed by atoms with Gasteiger partial charge in [-0.15, -0.1) is 10.2 Å². The molecule has 0 spiro atoms. The first kappa shape index (κ1) is 28.7. The van der Waals surface area contributed by atoms with Gasteiger partial charge >= 0.3 is 5.97 Å². The zero-order chi connectivity index (χ0) is 28.2. The van der Waals surface area contributed by atoms with Crippen LogP contribution in [0.4, 0.5) is 10.2 Å². The Kier molecular flexibility index (Phi) is 9.20. The second-order valence-corrected chi connectivity index (χ2v) is 11.1. The third-order valence-electron chi connectivity index (χ3n) is 7.67. The molecular weight excluding hydrogens is 558 g/mol. The summed E-state index contributed by atoms with van der Waals surface area (Å²) in [6.45, 7) is 8.55. The van der Waals surface area contributed by atoms with E-state index < -0.39 is 5.97 Å². The first-order valence-electron chi connectivity index (χ1n) is 13.6. The van der Waals surface area contributed by atoms with Gasteiger partial charge < -0.3 is 14.1 Å². The summed E-state index contributed by atoms with van der Waals surface area (Å²) in [6.07, 6.45) is 4.82. The van der Waals surface area contributed by atoms with Gasteiger partial charge in [-0.1, -0.05) is 36.2 Å². The molecular formula is C28H33Cl2FN6O3. The fourth-order valence-corrected chi connectivity index (χ4v) is 6.02. The van der Waals surface area contributed by atoms with Gasteiger partial charge in [0.25, 0.3) is 5.89 Å². The monoisotopic (exact) mass is 590 g/mol. The number of carbonyl (C=O) groups is 1. The molecule has 0 aliphatic carbocycles. The van der Waals surface area contributed by atoms with Gasteiger partial charge in [0.15, 0.2) is 6.61 Å². The van der Waals surface area contributed by atoms with Crippen molar-refractivity contribution in [2.45, 2.75) is 58.3 Å². The van der Waals surface area contributed by atoms with Crippen molar-refractivity contribution in [3.63, 3.8) is 0 Å². The van der Waals surface area contributed by atoms with E-state index in [1.54, 1.807) is 24.4 Å². The molecule has 1 aromatic carbocycles. The molecule has 0 saturated carbocycles. The highest BCUT2D eigenvalue weighted by Gasteiger charge is 2.34. The Labute approximate surface area is 243 Å². The number of piperazine rings is 1. The van der Waals surface area contributed by atoms with Crippen molar-refractivity contribution in [2.24, 2.45) is 0 Å². The highest BCUT2D eigenvalue weighted by atomic mass is 35.5. The van der Waals surface area contributed by atoms with Gasteiger partial charge in [0.05, 0.1) is 10.6 Å². The lowest BCUT2D eigenvalue weighted by Crippen LogP contribution is -2.58. The summed E-state index contributed by atoms with van der Waals surface area (Å²) in [5.74, 6) is 0.552. The fraction of sp³-hybridized carbons (Fsp3) is 0.500. The number of benzene rings is 1. The van der Waals surface area contributed by atoms with E-state index in [2.05, 4.69) is 36.8 Å². The molecule has 0 amide bonds. The van der Waals surface area contributed by atoms with Gasteiger partial charge in [-0.2, -0.15) is 0 Å². The van der Waals surface area contributed by atoms with E-state index in [0.717, 1.165) is 57.8 Å². The number of pyridine rings is 1. The second kappa shape index (κ2) is 12.8. The van der Waals surface area contributed by atoms with E-state index in [-0.39, 0.29) is 24.2 Å². The number of ether oxygens (including phenoxy) is 1. The number of halogens is 3. The smallest absolute Gasteiger partial charge is 0.303 e. The molecule has 2 saturated heterocycles. The molecule has 1 atom stereocenters. The number of aromatic nitrogens is 3. The summed E-state index contributed by atoms with van der Waals surface area (Å²) in [6, 6.07) is 7.59. The molecule has 0 unspecified atom stereocenters. The van der Waals surface area contributed by atoms with E-state index in [4.69, 9.17) is 32.4 Å². The van der Waals surface area contributed by atoms with Crippen LogP contribution in [0.1, 0.15) is 44.6 Å². The number of anilines is 1. The largest absolute Gasteiger partial charge is 0.456 e. The number of esters is 1. The van der Waals surface area contributed by atoms with Crippen LogP contribution in [0, 0.1) is 5.82 Å². The summed E-state index contributed by atoms with van der Waals surface area (Å²) < 4.78 is 24.8. The summed E-state index contributed by atoms with van der Waals surface area (Å²) in [5, 5.41) is 8.87. The Morgan fingerprint density at radius 1 is 1.15 bits per heavy atom. The summed E-state index contributed by atoms with van der Waals surface area (Å²) in [5.41, 5.74) is 1.30. The lowest BCUT2D eigenvalue weighted by Gasteiger charge is -2.47. The maximum absolute atomic E-state index is 14.3. The molecule has 2 aliphatic heterocycles. The van der Waals surface area contributed by atoms with Crippen LogP contribution in [0.25, 0.3) is 11.5 Å². The van der Waals surface area contributed by atoms with E-state index in [1.165, 1.54) is 13.0 Å². The van der Waals surface area contributed by atoms with Crippen molar-refractivity contribution in [1.82, 2.24) is 25.0 Å². The van der Waals surface area contributed by atoms with Crippen LogP contribution in [-0.4, -0.2) is 75.8 Å². The Balaban J connectivity index is 1.17. The van der Waals surface area contributed by atoms with Crippen LogP contribution in [0.15, 0.2) is 34.9 Å². The number of nitrogens with zero attached hydrogens (tertiary/aromatic N) is 6. The van der Waals surface area contributed by atoms with Gasteiger partial charge in [0, 0.05) is 62.0 Å². The highest BCUT2D eigenvalue weighted by molar-refractivity contribution is 6.33. The number of rotatable bonds is 8. The summed E-state index contributed by atoms with van der Waals surface area (Å²) in [7, 11) is 0. The minimum atomic E-state index is -0.421. The van der Waals surface area contributed by atoms with Crippen molar-refractivity contribution < 1.29 is 18.3 Å². The average molecular weight is 592 g/mol. The van der Waals surface area contributed by atoms with E-state index in [9.17, 15) is 9.18 Å². The number of hydrogen-bond acceptors (Lipinski definition) is 9. The van der Waals surface area contributed by atoms with Crippen LogP contribution in [0.2, 0.25) is 10.0 Å². The molecule has 5 rings (SSSR count). The summed E-state index contributed by atoms with van der Waals surface area (Å²) >= 11 is 12.6. The normalized spacial score (nSPS) is 19.2. The third-order valence-corrected chi connectivity index (χ3v) is 8.18. The van der Waals surface area contributed by atoms with Gasteiger partial charge in [-0.25, -0.2) is 9.37 Å². The fourth-order valence-electron chi connectivity index (χ4n) is 5.58. The van der Waals surface area contributed by atoms with Crippen LogP contribution >= 0.6 is 23.2 Å². The van der Waals surface area contributed by atoms with Crippen molar-refractivity contribution >= 4 is 35.0 Å². The standard InChI is InChI=1S/C28H33Cl2FN6O3/c1-3-22-16-36(27-24(30)12-20(14-32-27)28-34-33-26(40-28)17-39-18(2)38)10-11-37(22)23-6-8-35(9-7-23)15-19-4-5-21(29)13-25(19)31/h4-5,12-14,22-23H,3,6-11,15-17H2,1-2H3/t22-/m0/s1. The minimum absolute atomic E-state index is 0.0792.